The summed E-state index contributed by atoms with van der Waals surface area (Å²) in [6.07, 6.45) is 5.15. The number of nitrogens with zero attached hydrogens (tertiary/aromatic N) is 2. The van der Waals surface area contributed by atoms with Crippen molar-refractivity contribution < 1.29 is 0 Å². The number of hydrogen-bond acceptors (Lipinski definition) is 2. The van der Waals surface area contributed by atoms with Gasteiger partial charge in [0.2, 0.25) is 0 Å². The molecule has 0 bridgehead atoms. The molecule has 2 unspecified atom stereocenters. The first-order valence-corrected chi connectivity index (χ1v) is 6.25. The molecule has 16 heavy (non-hydrogen) atoms. The van der Waals surface area contributed by atoms with Crippen molar-refractivity contribution in [3.8, 4) is 0 Å². The molecular formula is C13H25N3. The first kappa shape index (κ1) is 13.2. The van der Waals surface area contributed by atoms with Crippen LogP contribution in [0.2, 0.25) is 0 Å². The molecule has 0 aromatic carbocycles. The summed E-state index contributed by atoms with van der Waals surface area (Å²) in [6, 6.07) is 0.550. The lowest BCUT2D eigenvalue weighted by atomic mass is 9.87. The molecular weight excluding hydrogens is 198 g/mol. The van der Waals surface area contributed by atoms with Gasteiger partial charge in [-0.1, -0.05) is 27.7 Å². The van der Waals surface area contributed by atoms with Crippen LogP contribution in [0.5, 0.6) is 0 Å². The number of aromatic nitrogens is 2. The highest BCUT2D eigenvalue weighted by atomic mass is 15.2. The fraction of sp³-hybridized carbons (Fsp3) is 0.769. The molecule has 0 saturated carbocycles. The van der Waals surface area contributed by atoms with Gasteiger partial charge in [-0.15, -0.1) is 0 Å². The number of hydrogen-bond donors (Lipinski definition) is 1. The summed E-state index contributed by atoms with van der Waals surface area (Å²) in [5, 5.41) is 7.81. The molecule has 1 rings (SSSR count). The van der Waals surface area contributed by atoms with Crippen LogP contribution in [-0.2, 0) is 13.5 Å². The molecule has 1 aromatic rings. The molecule has 0 spiro atoms. The van der Waals surface area contributed by atoms with Crippen molar-refractivity contribution in [1.82, 2.24) is 15.1 Å². The van der Waals surface area contributed by atoms with E-state index in [9.17, 15) is 0 Å². The minimum absolute atomic E-state index is 0.550. The first-order chi connectivity index (χ1) is 7.54. The smallest absolute Gasteiger partial charge is 0.0522 e. The lowest BCUT2D eigenvalue weighted by molar-refractivity contribution is 0.300. The Labute approximate surface area is 99.2 Å². The quantitative estimate of drug-likeness (QED) is 0.801. The van der Waals surface area contributed by atoms with Crippen molar-refractivity contribution in [2.24, 2.45) is 18.9 Å². The van der Waals surface area contributed by atoms with Crippen molar-refractivity contribution in [3.05, 3.63) is 18.0 Å². The second-order valence-corrected chi connectivity index (χ2v) is 4.99. The predicted octanol–water partition coefficient (Wildman–Crippen LogP) is 2.23. The van der Waals surface area contributed by atoms with Gasteiger partial charge >= 0.3 is 0 Å². The van der Waals surface area contributed by atoms with Gasteiger partial charge in [0.05, 0.1) is 6.20 Å². The second kappa shape index (κ2) is 6.04. The Kier molecular flexibility index (Phi) is 5.00. The predicted molar refractivity (Wildman–Crippen MR) is 68.4 cm³/mol. The van der Waals surface area contributed by atoms with Gasteiger partial charge in [-0.05, 0) is 30.4 Å². The second-order valence-electron chi connectivity index (χ2n) is 4.99. The molecule has 3 heteroatoms. The van der Waals surface area contributed by atoms with Crippen molar-refractivity contribution in [1.29, 1.82) is 0 Å². The van der Waals surface area contributed by atoms with E-state index in [0.717, 1.165) is 13.0 Å². The van der Waals surface area contributed by atoms with Crippen LogP contribution in [0.1, 0.15) is 33.3 Å². The Morgan fingerprint density at radius 2 is 2.06 bits per heavy atom. The van der Waals surface area contributed by atoms with Crippen LogP contribution in [0.4, 0.5) is 0 Å². The minimum Gasteiger partial charge on any atom is -0.314 e. The van der Waals surface area contributed by atoms with E-state index in [1.54, 1.807) is 0 Å². The Morgan fingerprint density at radius 1 is 1.38 bits per heavy atom. The normalized spacial score (nSPS) is 15.4. The number of nitrogens with one attached hydrogen (secondary N) is 1. The summed E-state index contributed by atoms with van der Waals surface area (Å²) in [7, 11) is 1.97. The maximum absolute atomic E-state index is 4.22. The van der Waals surface area contributed by atoms with Crippen LogP contribution < -0.4 is 5.32 Å². The van der Waals surface area contributed by atoms with Crippen LogP contribution >= 0.6 is 0 Å². The van der Waals surface area contributed by atoms with Gasteiger partial charge in [0.15, 0.2) is 0 Å². The van der Waals surface area contributed by atoms with Crippen molar-refractivity contribution in [3.63, 3.8) is 0 Å². The topological polar surface area (TPSA) is 29.9 Å². The van der Waals surface area contributed by atoms with E-state index in [-0.39, 0.29) is 0 Å². The third-order valence-electron chi connectivity index (χ3n) is 3.37. The lowest BCUT2D eigenvalue weighted by Gasteiger charge is -2.27. The molecule has 0 radical (unpaired) electrons. The molecule has 0 fully saturated rings. The van der Waals surface area contributed by atoms with Crippen LogP contribution in [0.3, 0.4) is 0 Å². The summed E-state index contributed by atoms with van der Waals surface area (Å²) in [6.45, 7) is 10.1. The van der Waals surface area contributed by atoms with Crippen LogP contribution in [-0.4, -0.2) is 22.4 Å². The zero-order chi connectivity index (χ0) is 12.1. The maximum atomic E-state index is 4.22. The summed E-state index contributed by atoms with van der Waals surface area (Å²) >= 11 is 0. The van der Waals surface area contributed by atoms with Gasteiger partial charge in [-0.25, -0.2) is 0 Å². The third kappa shape index (κ3) is 3.63. The van der Waals surface area contributed by atoms with Crippen molar-refractivity contribution >= 4 is 0 Å². The zero-order valence-electron chi connectivity index (χ0n) is 11.2. The SMILES string of the molecule is CCNC(Cc1cnn(C)c1)C(C)C(C)C. The Hall–Kier alpha value is -0.830. The van der Waals surface area contributed by atoms with Crippen molar-refractivity contribution in [2.45, 2.75) is 40.2 Å². The Balaban J connectivity index is 2.63. The standard InChI is InChI=1S/C13H25N3/c1-6-14-13(11(4)10(2)3)7-12-8-15-16(5)9-12/h8-11,13-14H,6-7H2,1-5H3. The van der Waals surface area contributed by atoms with Crippen LogP contribution in [0.15, 0.2) is 12.4 Å². The largest absolute Gasteiger partial charge is 0.314 e. The van der Waals surface area contributed by atoms with Gasteiger partial charge in [0.25, 0.3) is 0 Å². The van der Waals surface area contributed by atoms with E-state index in [1.807, 2.05) is 17.9 Å². The molecule has 0 aliphatic carbocycles. The van der Waals surface area contributed by atoms with Gasteiger partial charge in [-0.3, -0.25) is 4.68 Å². The highest BCUT2D eigenvalue weighted by Crippen LogP contribution is 2.18. The van der Waals surface area contributed by atoms with E-state index in [2.05, 4.69) is 44.3 Å². The number of likely N-dealkylation sites (N-methyl/N-ethyl adjacent to an activating group) is 1. The minimum atomic E-state index is 0.550. The van der Waals surface area contributed by atoms with Crippen molar-refractivity contribution in [2.75, 3.05) is 6.54 Å². The summed E-state index contributed by atoms with van der Waals surface area (Å²) in [4.78, 5) is 0. The average molecular weight is 223 g/mol. The highest BCUT2D eigenvalue weighted by molar-refractivity contribution is 5.06. The van der Waals surface area contributed by atoms with E-state index >= 15 is 0 Å². The number of rotatable bonds is 6. The van der Waals surface area contributed by atoms with E-state index in [0.29, 0.717) is 17.9 Å². The molecule has 92 valence electrons. The molecule has 0 aliphatic rings. The van der Waals surface area contributed by atoms with Crippen LogP contribution in [0.25, 0.3) is 0 Å². The van der Waals surface area contributed by atoms with Crippen LogP contribution in [0, 0.1) is 11.8 Å². The Morgan fingerprint density at radius 3 is 2.50 bits per heavy atom. The lowest BCUT2D eigenvalue weighted by Crippen LogP contribution is -2.38. The van der Waals surface area contributed by atoms with E-state index in [4.69, 9.17) is 0 Å². The molecule has 1 aromatic heterocycles. The average Bonchev–Trinajstić information content (AvgIpc) is 2.62. The molecule has 1 N–H and O–H groups in total. The summed E-state index contributed by atoms with van der Waals surface area (Å²) in [5.41, 5.74) is 1.32. The zero-order valence-corrected chi connectivity index (χ0v) is 11.2. The number of aryl methyl sites for hydroxylation is 1. The Bertz CT molecular complexity index is 304. The van der Waals surface area contributed by atoms with Gasteiger partial charge in [0, 0.05) is 19.3 Å². The molecule has 0 amide bonds. The molecule has 3 nitrogen and oxygen atoms in total. The van der Waals surface area contributed by atoms with Gasteiger partial charge in [0.1, 0.15) is 0 Å². The van der Waals surface area contributed by atoms with E-state index < -0.39 is 0 Å². The first-order valence-electron chi connectivity index (χ1n) is 6.25. The van der Waals surface area contributed by atoms with E-state index in [1.165, 1.54) is 5.56 Å². The highest BCUT2D eigenvalue weighted by Gasteiger charge is 2.19. The van der Waals surface area contributed by atoms with Gasteiger partial charge in [-0.2, -0.15) is 5.10 Å². The van der Waals surface area contributed by atoms with Gasteiger partial charge < -0.3 is 5.32 Å². The third-order valence-corrected chi connectivity index (χ3v) is 3.37. The fourth-order valence-electron chi connectivity index (χ4n) is 2.00. The summed E-state index contributed by atoms with van der Waals surface area (Å²) < 4.78 is 1.87. The summed E-state index contributed by atoms with van der Waals surface area (Å²) in [5.74, 6) is 1.39. The molecule has 0 aliphatic heterocycles. The molecule has 2 atom stereocenters. The molecule has 1 heterocycles. The monoisotopic (exact) mass is 223 g/mol. The molecule has 0 saturated heterocycles. The maximum Gasteiger partial charge on any atom is 0.0522 e. The fourth-order valence-corrected chi connectivity index (χ4v) is 2.00.